The second kappa shape index (κ2) is 3.91. The number of rotatable bonds is 3. The molecule has 0 aromatic heterocycles. The van der Waals surface area contributed by atoms with Crippen molar-refractivity contribution in [2.45, 2.75) is 50.6 Å². The predicted molar refractivity (Wildman–Crippen MR) is 64.2 cm³/mol. The molecule has 0 bridgehead atoms. The average molecular weight is 227 g/mol. The van der Waals surface area contributed by atoms with Crippen molar-refractivity contribution in [1.29, 1.82) is 0 Å². The molecule has 3 rings (SSSR count). The lowest BCUT2D eigenvalue weighted by atomic mass is 9.61. The van der Waals surface area contributed by atoms with Gasteiger partial charge in [0.25, 0.3) is 0 Å². The summed E-state index contributed by atoms with van der Waals surface area (Å²) in [5.74, 6) is 0. The molecule has 2 aliphatic carbocycles. The van der Waals surface area contributed by atoms with E-state index in [1.807, 2.05) is 0 Å². The molecule has 1 saturated heterocycles. The van der Waals surface area contributed by atoms with Crippen molar-refractivity contribution in [3.8, 4) is 0 Å². The first-order valence-electron chi connectivity index (χ1n) is 6.19. The van der Waals surface area contributed by atoms with E-state index >= 15 is 0 Å². The van der Waals surface area contributed by atoms with E-state index in [1.165, 1.54) is 63.7 Å². The summed E-state index contributed by atoms with van der Waals surface area (Å²) in [6.45, 7) is 2.49. The SMILES string of the molecule is NSN(C1CCCC1)C1CC2(CNC2)C1. The highest BCUT2D eigenvalue weighted by molar-refractivity contribution is 7.94. The Labute approximate surface area is 96.4 Å². The minimum absolute atomic E-state index is 0.678. The Bertz CT molecular complexity index is 228. The van der Waals surface area contributed by atoms with Gasteiger partial charge >= 0.3 is 0 Å². The third-order valence-corrected chi connectivity index (χ3v) is 5.34. The Balaban J connectivity index is 1.56. The van der Waals surface area contributed by atoms with E-state index in [1.54, 1.807) is 0 Å². The Morgan fingerprint density at radius 2 is 1.80 bits per heavy atom. The summed E-state index contributed by atoms with van der Waals surface area (Å²) in [4.78, 5) is 0. The summed E-state index contributed by atoms with van der Waals surface area (Å²) in [5.41, 5.74) is 0.678. The first kappa shape index (κ1) is 10.4. The Hall–Kier alpha value is 0.230. The minimum Gasteiger partial charge on any atom is -0.316 e. The molecule has 1 heterocycles. The molecular formula is C11H21N3S. The summed E-state index contributed by atoms with van der Waals surface area (Å²) in [6.07, 6.45) is 8.29. The normalized spacial score (nSPS) is 30.8. The van der Waals surface area contributed by atoms with Crippen LogP contribution >= 0.6 is 12.1 Å². The molecule has 0 atom stereocenters. The maximum Gasteiger partial charge on any atom is 0.0230 e. The maximum absolute atomic E-state index is 5.84. The molecule has 0 radical (unpaired) electrons. The van der Waals surface area contributed by atoms with Gasteiger partial charge in [-0.3, -0.25) is 5.14 Å². The van der Waals surface area contributed by atoms with Crippen LogP contribution in [-0.2, 0) is 0 Å². The van der Waals surface area contributed by atoms with Gasteiger partial charge in [0, 0.05) is 37.3 Å². The third kappa shape index (κ3) is 1.71. The van der Waals surface area contributed by atoms with Gasteiger partial charge in [0.1, 0.15) is 0 Å². The molecule has 1 spiro atoms. The second-order valence-corrected chi connectivity index (χ2v) is 6.20. The molecule has 3 nitrogen and oxygen atoms in total. The molecule has 3 aliphatic rings. The fraction of sp³-hybridized carbons (Fsp3) is 1.00. The van der Waals surface area contributed by atoms with Gasteiger partial charge in [-0.05, 0) is 31.1 Å². The van der Waals surface area contributed by atoms with Crippen molar-refractivity contribution in [1.82, 2.24) is 9.62 Å². The van der Waals surface area contributed by atoms with E-state index in [4.69, 9.17) is 5.14 Å². The summed E-state index contributed by atoms with van der Waals surface area (Å²) >= 11 is 1.50. The van der Waals surface area contributed by atoms with Gasteiger partial charge < -0.3 is 5.32 Å². The molecular weight excluding hydrogens is 206 g/mol. The van der Waals surface area contributed by atoms with Crippen molar-refractivity contribution < 1.29 is 0 Å². The number of hydrogen-bond donors (Lipinski definition) is 2. The monoisotopic (exact) mass is 227 g/mol. The van der Waals surface area contributed by atoms with Crippen molar-refractivity contribution in [2.75, 3.05) is 13.1 Å². The van der Waals surface area contributed by atoms with Crippen LogP contribution in [0.3, 0.4) is 0 Å². The largest absolute Gasteiger partial charge is 0.316 e. The lowest BCUT2D eigenvalue weighted by Crippen LogP contribution is -2.65. The van der Waals surface area contributed by atoms with E-state index in [0.717, 1.165) is 12.1 Å². The van der Waals surface area contributed by atoms with E-state index in [-0.39, 0.29) is 0 Å². The van der Waals surface area contributed by atoms with Gasteiger partial charge in [-0.25, -0.2) is 4.31 Å². The summed E-state index contributed by atoms with van der Waals surface area (Å²) < 4.78 is 2.51. The van der Waals surface area contributed by atoms with Crippen molar-refractivity contribution in [3.63, 3.8) is 0 Å². The molecule has 0 aromatic carbocycles. The Morgan fingerprint density at radius 3 is 2.27 bits per heavy atom. The molecule has 3 N–H and O–H groups in total. The zero-order valence-electron chi connectivity index (χ0n) is 9.24. The van der Waals surface area contributed by atoms with Gasteiger partial charge in [-0.15, -0.1) is 0 Å². The van der Waals surface area contributed by atoms with Crippen LogP contribution < -0.4 is 10.5 Å². The minimum atomic E-state index is 0.678. The lowest BCUT2D eigenvalue weighted by Gasteiger charge is -2.57. The standard InChI is InChI=1S/C11H21N3S/c12-15-14(9-3-1-2-4-9)10-5-11(6-10)7-13-8-11/h9-10,13H,1-8,12H2. The van der Waals surface area contributed by atoms with Crippen LogP contribution in [0, 0.1) is 5.41 Å². The number of nitrogens with zero attached hydrogens (tertiary/aromatic N) is 1. The third-order valence-electron chi connectivity index (χ3n) is 4.50. The van der Waals surface area contributed by atoms with Crippen LogP contribution in [0.5, 0.6) is 0 Å². The quantitative estimate of drug-likeness (QED) is 0.717. The van der Waals surface area contributed by atoms with Crippen LogP contribution in [0.4, 0.5) is 0 Å². The van der Waals surface area contributed by atoms with Gasteiger partial charge in [0.05, 0.1) is 0 Å². The lowest BCUT2D eigenvalue weighted by molar-refractivity contribution is -0.0130. The molecule has 2 saturated carbocycles. The highest BCUT2D eigenvalue weighted by Crippen LogP contribution is 2.49. The molecule has 1 aliphatic heterocycles. The fourth-order valence-corrected chi connectivity index (χ4v) is 4.22. The fourth-order valence-electron chi connectivity index (χ4n) is 3.52. The zero-order valence-corrected chi connectivity index (χ0v) is 10.1. The van der Waals surface area contributed by atoms with Gasteiger partial charge in [-0.2, -0.15) is 0 Å². The average Bonchev–Trinajstić information content (AvgIpc) is 2.59. The summed E-state index contributed by atoms with van der Waals surface area (Å²) in [7, 11) is 0. The molecule has 15 heavy (non-hydrogen) atoms. The molecule has 0 amide bonds. The van der Waals surface area contributed by atoms with E-state index < -0.39 is 0 Å². The first-order chi connectivity index (χ1) is 7.33. The summed E-state index contributed by atoms with van der Waals surface area (Å²) in [6, 6.07) is 1.54. The smallest absolute Gasteiger partial charge is 0.0230 e. The number of nitrogens with two attached hydrogens (primary N) is 1. The van der Waals surface area contributed by atoms with E-state index in [9.17, 15) is 0 Å². The highest BCUT2D eigenvalue weighted by atomic mass is 32.2. The van der Waals surface area contributed by atoms with Gasteiger partial charge in [-0.1, -0.05) is 12.8 Å². The number of nitrogens with one attached hydrogen (secondary N) is 1. The highest BCUT2D eigenvalue weighted by Gasteiger charge is 2.51. The Morgan fingerprint density at radius 1 is 1.13 bits per heavy atom. The maximum atomic E-state index is 5.84. The topological polar surface area (TPSA) is 41.3 Å². The van der Waals surface area contributed by atoms with Crippen molar-refractivity contribution in [3.05, 3.63) is 0 Å². The van der Waals surface area contributed by atoms with E-state index in [0.29, 0.717) is 5.41 Å². The van der Waals surface area contributed by atoms with E-state index in [2.05, 4.69) is 9.62 Å². The van der Waals surface area contributed by atoms with Crippen LogP contribution in [-0.4, -0.2) is 29.5 Å². The predicted octanol–water partition coefficient (Wildman–Crippen LogP) is 1.50. The zero-order chi connectivity index (χ0) is 10.3. The second-order valence-electron chi connectivity index (χ2n) is 5.57. The Kier molecular flexibility index (Phi) is 2.71. The summed E-state index contributed by atoms with van der Waals surface area (Å²) in [5, 5.41) is 9.23. The van der Waals surface area contributed by atoms with Crippen LogP contribution in [0.1, 0.15) is 38.5 Å². The molecule has 3 fully saturated rings. The molecule has 4 heteroatoms. The number of hydrogen-bond acceptors (Lipinski definition) is 4. The van der Waals surface area contributed by atoms with Crippen LogP contribution in [0.2, 0.25) is 0 Å². The molecule has 0 unspecified atom stereocenters. The van der Waals surface area contributed by atoms with Crippen LogP contribution in [0.15, 0.2) is 0 Å². The van der Waals surface area contributed by atoms with Gasteiger partial charge in [0.2, 0.25) is 0 Å². The van der Waals surface area contributed by atoms with Crippen molar-refractivity contribution >= 4 is 12.1 Å². The van der Waals surface area contributed by atoms with Crippen molar-refractivity contribution in [2.24, 2.45) is 10.6 Å². The molecule has 86 valence electrons. The van der Waals surface area contributed by atoms with Crippen LogP contribution in [0.25, 0.3) is 0 Å². The first-order valence-corrected chi connectivity index (χ1v) is 7.03. The molecule has 0 aromatic rings. The van der Waals surface area contributed by atoms with Gasteiger partial charge in [0.15, 0.2) is 0 Å².